The zero-order valence-corrected chi connectivity index (χ0v) is 11.9. The predicted octanol–water partition coefficient (Wildman–Crippen LogP) is 4.02. The quantitative estimate of drug-likeness (QED) is 0.668. The van der Waals surface area contributed by atoms with Crippen LogP contribution in [0.2, 0.25) is 0 Å². The first kappa shape index (κ1) is 11.7. The Morgan fingerprint density at radius 2 is 1.62 bits per heavy atom. The monoisotopic (exact) mass is 401 g/mol. The summed E-state index contributed by atoms with van der Waals surface area (Å²) in [6.45, 7) is 3.94. The largest absolute Gasteiger partial charge is 0.228 e. The highest BCUT2D eigenvalue weighted by Crippen LogP contribution is 2.30. The molecule has 1 aromatic carbocycles. The van der Waals surface area contributed by atoms with Crippen LogP contribution in [0.25, 0.3) is 0 Å². The summed E-state index contributed by atoms with van der Waals surface area (Å²) in [7, 11) is 0. The number of rotatable bonds is 2. The second kappa shape index (κ2) is 4.93. The van der Waals surface area contributed by atoms with E-state index in [0.717, 1.165) is 12.7 Å². The Labute approximate surface area is 106 Å². The summed E-state index contributed by atoms with van der Waals surface area (Å²) in [5.41, 5.74) is 0.957. The van der Waals surface area contributed by atoms with Gasteiger partial charge in [-0.1, -0.05) is 19.9 Å². The van der Waals surface area contributed by atoms with Crippen molar-refractivity contribution in [2.24, 2.45) is 5.92 Å². The Hall–Kier alpha value is 0.640. The van der Waals surface area contributed by atoms with Gasteiger partial charge in [0, 0.05) is 12.7 Å². The molecule has 71 valence electrons. The van der Waals surface area contributed by atoms with Gasteiger partial charge in [0.15, 0.2) is 0 Å². The molecule has 1 aromatic rings. The topological polar surface area (TPSA) is 19.9 Å². The lowest BCUT2D eigenvalue weighted by atomic mass is 9.99. The number of hydrogen-bond acceptors (Lipinski definition) is 0. The summed E-state index contributed by atoms with van der Waals surface area (Å²) in [4.78, 5) is 0. The van der Waals surface area contributed by atoms with Crippen LogP contribution in [-0.2, 0) is 5.11 Å². The minimum Gasteiger partial charge on any atom is -0.228 e. The Bertz CT molecular complexity index is 277. The van der Waals surface area contributed by atoms with Gasteiger partial charge in [0.05, 0.1) is 0 Å². The van der Waals surface area contributed by atoms with Crippen molar-refractivity contribution in [1.29, 1.82) is 0 Å². The molecule has 0 N–H and O–H groups in total. The van der Waals surface area contributed by atoms with Crippen LogP contribution in [0, 0.1) is 13.1 Å². The average molecular weight is 401 g/mol. The first-order valence-corrected chi connectivity index (χ1v) is 6.29. The lowest BCUT2D eigenvalue weighted by Crippen LogP contribution is -2.07. The third kappa shape index (κ3) is 2.79. The van der Waals surface area contributed by atoms with E-state index in [1.807, 2.05) is 32.0 Å². The van der Waals surface area contributed by atoms with Gasteiger partial charge in [-0.2, -0.15) is 0 Å². The van der Waals surface area contributed by atoms with Crippen molar-refractivity contribution in [3.05, 3.63) is 30.9 Å². The zero-order valence-electron chi connectivity index (χ0n) is 7.55. The number of halogens is 2. The van der Waals surface area contributed by atoms with Gasteiger partial charge in [-0.3, -0.25) is 0 Å². The lowest BCUT2D eigenvalue weighted by Gasteiger charge is -2.15. The molecule has 3 heteroatoms. The summed E-state index contributed by atoms with van der Waals surface area (Å²) in [5.74, 6) is 0.157. The molecule has 0 aromatic heterocycles. The van der Waals surface area contributed by atoms with E-state index >= 15 is 0 Å². The van der Waals surface area contributed by atoms with Gasteiger partial charge in [0.1, 0.15) is 6.10 Å². The number of benzene rings is 1. The highest BCUT2D eigenvalue weighted by Gasteiger charge is 2.19. The second-order valence-corrected chi connectivity index (χ2v) is 5.62. The molecule has 0 saturated carbocycles. The Morgan fingerprint density at radius 3 is 2.00 bits per heavy atom. The van der Waals surface area contributed by atoms with E-state index < -0.39 is 6.10 Å². The average Bonchev–Trinajstić information content (AvgIpc) is 2.03. The van der Waals surface area contributed by atoms with Crippen LogP contribution in [0.5, 0.6) is 0 Å². The van der Waals surface area contributed by atoms with Gasteiger partial charge in [0.25, 0.3) is 0 Å². The lowest BCUT2D eigenvalue weighted by molar-refractivity contribution is 0.0474. The molecule has 0 heterocycles. The highest BCUT2D eigenvalue weighted by molar-refractivity contribution is 14.1. The van der Waals surface area contributed by atoms with Gasteiger partial charge in [-0.15, -0.1) is 0 Å². The van der Waals surface area contributed by atoms with E-state index in [2.05, 4.69) is 45.2 Å². The third-order valence-electron chi connectivity index (χ3n) is 1.89. The molecular weight excluding hydrogens is 390 g/mol. The van der Waals surface area contributed by atoms with E-state index in [1.165, 1.54) is 0 Å². The van der Waals surface area contributed by atoms with Crippen LogP contribution >= 0.6 is 45.2 Å². The van der Waals surface area contributed by atoms with Gasteiger partial charge >= 0.3 is 0 Å². The summed E-state index contributed by atoms with van der Waals surface area (Å²) >= 11 is 4.46. The maximum absolute atomic E-state index is 11.9. The Morgan fingerprint density at radius 1 is 1.15 bits per heavy atom. The van der Waals surface area contributed by atoms with Gasteiger partial charge in [-0.05, 0) is 63.2 Å². The summed E-state index contributed by atoms with van der Waals surface area (Å²) in [6.07, 6.45) is -0.597. The van der Waals surface area contributed by atoms with Crippen molar-refractivity contribution in [2.45, 2.75) is 20.0 Å². The molecule has 0 aliphatic heterocycles. The molecule has 1 unspecified atom stereocenters. The minimum atomic E-state index is -0.597. The smallest absolute Gasteiger partial charge is 0.122 e. The van der Waals surface area contributed by atoms with Gasteiger partial charge in [0.2, 0.25) is 0 Å². The van der Waals surface area contributed by atoms with Crippen molar-refractivity contribution in [3.8, 4) is 0 Å². The molecule has 0 spiro atoms. The fraction of sp³-hybridized carbons (Fsp3) is 0.400. The molecule has 0 fully saturated rings. The SMILES string of the molecule is CC(C)C([O])c1c(I)cccc1I. The first-order chi connectivity index (χ1) is 6.04. The van der Waals surface area contributed by atoms with Crippen molar-refractivity contribution < 1.29 is 5.11 Å². The van der Waals surface area contributed by atoms with E-state index in [4.69, 9.17) is 0 Å². The number of hydrogen-bond donors (Lipinski definition) is 0. The fourth-order valence-electron chi connectivity index (χ4n) is 1.12. The minimum absolute atomic E-state index is 0.157. The van der Waals surface area contributed by atoms with Crippen LogP contribution in [0.15, 0.2) is 18.2 Å². The van der Waals surface area contributed by atoms with Gasteiger partial charge < -0.3 is 0 Å². The Kier molecular flexibility index (Phi) is 4.44. The summed E-state index contributed by atoms with van der Waals surface area (Å²) in [6, 6.07) is 5.97. The molecule has 0 bridgehead atoms. The zero-order chi connectivity index (χ0) is 10.0. The summed E-state index contributed by atoms with van der Waals surface area (Å²) in [5, 5.41) is 11.9. The molecule has 1 rings (SSSR count). The van der Waals surface area contributed by atoms with E-state index in [1.54, 1.807) is 0 Å². The molecule has 1 radical (unpaired) electrons. The van der Waals surface area contributed by atoms with Crippen LogP contribution in [-0.4, -0.2) is 0 Å². The molecule has 0 aliphatic carbocycles. The Balaban J connectivity index is 3.12. The standard InChI is InChI=1S/C10H11I2O/c1-6(2)10(13)9-7(11)4-3-5-8(9)12/h3-6,10H,1-2H3. The van der Waals surface area contributed by atoms with Gasteiger partial charge in [-0.25, -0.2) is 5.11 Å². The van der Waals surface area contributed by atoms with Crippen LogP contribution in [0.1, 0.15) is 25.5 Å². The molecule has 0 aliphatic rings. The maximum atomic E-state index is 11.9. The predicted molar refractivity (Wildman–Crippen MR) is 70.1 cm³/mol. The fourth-order valence-corrected chi connectivity index (χ4v) is 3.24. The molecule has 0 saturated heterocycles. The van der Waals surface area contributed by atoms with E-state index in [0.29, 0.717) is 0 Å². The first-order valence-electron chi connectivity index (χ1n) is 4.13. The molecule has 13 heavy (non-hydrogen) atoms. The van der Waals surface area contributed by atoms with Crippen LogP contribution in [0.4, 0.5) is 0 Å². The highest BCUT2D eigenvalue weighted by atomic mass is 127. The van der Waals surface area contributed by atoms with E-state index in [-0.39, 0.29) is 5.92 Å². The molecular formula is C10H11I2O. The van der Waals surface area contributed by atoms with Crippen LogP contribution < -0.4 is 0 Å². The van der Waals surface area contributed by atoms with Crippen molar-refractivity contribution >= 4 is 45.2 Å². The van der Waals surface area contributed by atoms with Crippen molar-refractivity contribution in [1.82, 2.24) is 0 Å². The van der Waals surface area contributed by atoms with Crippen molar-refractivity contribution in [3.63, 3.8) is 0 Å². The summed E-state index contributed by atoms with van der Waals surface area (Å²) < 4.78 is 2.16. The normalized spacial score (nSPS) is 13.4. The third-order valence-corrected chi connectivity index (χ3v) is 3.77. The maximum Gasteiger partial charge on any atom is 0.122 e. The second-order valence-electron chi connectivity index (χ2n) is 3.30. The van der Waals surface area contributed by atoms with E-state index in [9.17, 15) is 5.11 Å². The molecule has 1 atom stereocenters. The van der Waals surface area contributed by atoms with Crippen LogP contribution in [0.3, 0.4) is 0 Å². The molecule has 0 amide bonds. The van der Waals surface area contributed by atoms with Crippen molar-refractivity contribution in [2.75, 3.05) is 0 Å². The molecule has 1 nitrogen and oxygen atoms in total.